The average molecular weight is 412 g/mol. The molecular formula is C19H18ClN7O2. The largest absolute Gasteiger partial charge is 0.486 e. The first kappa shape index (κ1) is 19.1. The summed E-state index contributed by atoms with van der Waals surface area (Å²) in [6, 6.07) is 10.7. The summed E-state index contributed by atoms with van der Waals surface area (Å²) in [5.74, 6) is 0.741. The van der Waals surface area contributed by atoms with Gasteiger partial charge in [0.25, 0.3) is 0 Å². The zero-order valence-electron chi connectivity index (χ0n) is 15.2. The van der Waals surface area contributed by atoms with Gasteiger partial charge in [-0.15, -0.1) is 5.10 Å². The van der Waals surface area contributed by atoms with E-state index in [0.717, 1.165) is 11.1 Å². The number of rotatable bonds is 7. The van der Waals surface area contributed by atoms with E-state index in [1.807, 2.05) is 12.1 Å². The number of hydrogen-bond donors (Lipinski definition) is 4. The Balaban J connectivity index is 1.42. The number of benzene rings is 1. The van der Waals surface area contributed by atoms with Gasteiger partial charge >= 0.3 is 0 Å². The molecule has 0 saturated heterocycles. The Hall–Kier alpha value is -3.27. The number of aromatic amines is 1. The van der Waals surface area contributed by atoms with Crippen LogP contribution in [0.25, 0.3) is 11.2 Å². The van der Waals surface area contributed by atoms with E-state index in [2.05, 4.69) is 30.7 Å². The van der Waals surface area contributed by atoms with E-state index >= 15 is 0 Å². The Bertz CT molecular complexity index is 1120. The maximum absolute atomic E-state index is 10.4. The summed E-state index contributed by atoms with van der Waals surface area (Å²) < 4.78 is 5.82. The first-order valence-electron chi connectivity index (χ1n) is 8.78. The number of ether oxygens (including phenoxy) is 1. The molecule has 29 heavy (non-hydrogen) atoms. The summed E-state index contributed by atoms with van der Waals surface area (Å²) in [6.07, 6.45) is 2.58. The quantitative estimate of drug-likeness (QED) is 0.340. The summed E-state index contributed by atoms with van der Waals surface area (Å²) in [6.45, 7) is 0.679. The number of halogens is 1. The molecular weight excluding hydrogens is 394 g/mol. The number of nitrogen functional groups attached to an aromatic ring is 1. The number of nitrogens with one attached hydrogen (secondary N) is 2. The zero-order chi connectivity index (χ0) is 20.2. The van der Waals surface area contributed by atoms with Crippen LogP contribution < -0.4 is 15.8 Å². The highest BCUT2D eigenvalue weighted by Gasteiger charge is 2.13. The van der Waals surface area contributed by atoms with Crippen molar-refractivity contribution in [2.75, 3.05) is 5.73 Å². The van der Waals surface area contributed by atoms with Crippen molar-refractivity contribution in [3.63, 3.8) is 0 Å². The lowest BCUT2D eigenvalue weighted by molar-refractivity contribution is 0.137. The Kier molecular flexibility index (Phi) is 5.52. The molecule has 0 fully saturated rings. The van der Waals surface area contributed by atoms with Gasteiger partial charge in [-0.1, -0.05) is 29.8 Å². The maximum Gasteiger partial charge on any atom is 0.207 e. The van der Waals surface area contributed by atoms with Gasteiger partial charge < -0.3 is 15.6 Å². The van der Waals surface area contributed by atoms with Crippen LogP contribution in [0.15, 0.2) is 48.8 Å². The van der Waals surface area contributed by atoms with Crippen LogP contribution >= 0.6 is 11.6 Å². The van der Waals surface area contributed by atoms with Crippen LogP contribution in [-0.2, 0) is 13.2 Å². The van der Waals surface area contributed by atoms with Crippen molar-refractivity contribution in [1.82, 2.24) is 30.7 Å². The SMILES string of the molecule is Nc1cc(OCc2ccc(C(O)NCc3cccnc3)cc2Cl)c2n[nH]nc2n1. The summed E-state index contributed by atoms with van der Waals surface area (Å²) in [7, 11) is 0. The van der Waals surface area contributed by atoms with E-state index in [9.17, 15) is 5.11 Å². The minimum absolute atomic E-state index is 0.198. The molecule has 0 aliphatic carbocycles. The zero-order valence-corrected chi connectivity index (χ0v) is 16.0. The van der Waals surface area contributed by atoms with E-state index in [4.69, 9.17) is 22.1 Å². The van der Waals surface area contributed by atoms with Crippen LogP contribution in [0, 0.1) is 0 Å². The molecule has 4 aromatic rings. The van der Waals surface area contributed by atoms with Crippen molar-refractivity contribution < 1.29 is 9.84 Å². The van der Waals surface area contributed by atoms with Crippen LogP contribution in [0.4, 0.5) is 5.82 Å². The van der Waals surface area contributed by atoms with Crippen LogP contribution in [0.5, 0.6) is 5.75 Å². The Morgan fingerprint density at radius 2 is 2.14 bits per heavy atom. The molecule has 1 unspecified atom stereocenters. The molecule has 148 valence electrons. The number of hydrogen-bond acceptors (Lipinski definition) is 8. The normalized spacial score (nSPS) is 12.2. The fraction of sp³-hybridized carbons (Fsp3) is 0.158. The molecule has 0 spiro atoms. The van der Waals surface area contributed by atoms with Crippen molar-refractivity contribution in [2.45, 2.75) is 19.4 Å². The molecule has 1 aromatic carbocycles. The van der Waals surface area contributed by atoms with E-state index in [1.165, 1.54) is 0 Å². The van der Waals surface area contributed by atoms with Gasteiger partial charge in [0.2, 0.25) is 5.65 Å². The molecule has 0 bridgehead atoms. The van der Waals surface area contributed by atoms with Gasteiger partial charge in [0.15, 0.2) is 11.3 Å². The molecule has 0 amide bonds. The van der Waals surface area contributed by atoms with Gasteiger partial charge in [-0.25, -0.2) is 4.98 Å². The van der Waals surface area contributed by atoms with Crippen molar-refractivity contribution in [3.05, 3.63) is 70.5 Å². The van der Waals surface area contributed by atoms with Crippen molar-refractivity contribution >= 4 is 28.6 Å². The predicted octanol–water partition coefficient (Wildman–Crippen LogP) is 2.34. The van der Waals surface area contributed by atoms with E-state index in [1.54, 1.807) is 36.7 Å². The third-order valence-corrected chi connectivity index (χ3v) is 4.63. The fourth-order valence-corrected chi connectivity index (χ4v) is 3.02. The number of pyridine rings is 2. The van der Waals surface area contributed by atoms with Crippen LogP contribution in [0.3, 0.4) is 0 Å². The highest BCUT2D eigenvalue weighted by atomic mass is 35.5. The number of anilines is 1. The lowest BCUT2D eigenvalue weighted by Crippen LogP contribution is -2.20. The number of nitrogens with two attached hydrogens (primary N) is 1. The topological polar surface area (TPSA) is 135 Å². The molecule has 9 nitrogen and oxygen atoms in total. The standard InChI is InChI=1S/C19H18ClN7O2/c20-14-6-12(19(28)23-9-11-2-1-5-22-8-11)3-4-13(14)10-29-15-7-16(21)24-18-17(15)25-27-26-18/h1-8,19,23,28H,9-10H2,(H3,21,24,25,26,27). The smallest absolute Gasteiger partial charge is 0.207 e. The summed E-state index contributed by atoms with van der Waals surface area (Å²) >= 11 is 6.39. The lowest BCUT2D eigenvalue weighted by Gasteiger charge is -2.15. The van der Waals surface area contributed by atoms with Gasteiger partial charge in [-0.05, 0) is 23.3 Å². The van der Waals surface area contributed by atoms with Crippen LogP contribution in [0.2, 0.25) is 5.02 Å². The number of nitrogens with zero attached hydrogens (tertiary/aromatic N) is 4. The maximum atomic E-state index is 10.4. The van der Waals surface area contributed by atoms with E-state index in [0.29, 0.717) is 34.0 Å². The van der Waals surface area contributed by atoms with E-state index in [-0.39, 0.29) is 12.4 Å². The van der Waals surface area contributed by atoms with E-state index < -0.39 is 6.23 Å². The van der Waals surface area contributed by atoms with Gasteiger partial charge in [0.1, 0.15) is 18.7 Å². The van der Waals surface area contributed by atoms with Gasteiger partial charge in [-0.3, -0.25) is 10.3 Å². The Morgan fingerprint density at radius 3 is 2.93 bits per heavy atom. The number of aliphatic hydroxyl groups excluding tert-OH is 1. The molecule has 0 saturated carbocycles. The fourth-order valence-electron chi connectivity index (χ4n) is 2.78. The molecule has 0 radical (unpaired) electrons. The second kappa shape index (κ2) is 8.39. The molecule has 10 heteroatoms. The van der Waals surface area contributed by atoms with Gasteiger partial charge in [-0.2, -0.15) is 10.3 Å². The number of aliphatic hydroxyl groups is 1. The number of fused-ring (bicyclic) bond motifs is 1. The molecule has 3 aromatic heterocycles. The number of aromatic nitrogens is 5. The molecule has 3 heterocycles. The van der Waals surface area contributed by atoms with Crippen LogP contribution in [-0.4, -0.2) is 30.5 Å². The Labute approximate surface area is 170 Å². The molecule has 1 atom stereocenters. The second-order valence-electron chi connectivity index (χ2n) is 6.33. The first-order chi connectivity index (χ1) is 14.1. The summed E-state index contributed by atoms with van der Waals surface area (Å²) in [5, 5.41) is 24.3. The van der Waals surface area contributed by atoms with Gasteiger partial charge in [0, 0.05) is 35.6 Å². The number of H-pyrrole nitrogens is 1. The molecule has 4 rings (SSSR count). The third-order valence-electron chi connectivity index (χ3n) is 4.28. The highest BCUT2D eigenvalue weighted by Crippen LogP contribution is 2.26. The summed E-state index contributed by atoms with van der Waals surface area (Å²) in [5.41, 5.74) is 9.01. The van der Waals surface area contributed by atoms with Crippen molar-refractivity contribution in [2.24, 2.45) is 0 Å². The van der Waals surface area contributed by atoms with Crippen molar-refractivity contribution in [1.29, 1.82) is 0 Å². The molecule has 5 N–H and O–H groups in total. The summed E-state index contributed by atoms with van der Waals surface area (Å²) in [4.78, 5) is 8.12. The lowest BCUT2D eigenvalue weighted by atomic mass is 10.1. The van der Waals surface area contributed by atoms with Crippen molar-refractivity contribution in [3.8, 4) is 5.75 Å². The monoisotopic (exact) mass is 411 g/mol. The average Bonchev–Trinajstić information content (AvgIpc) is 3.20. The Morgan fingerprint density at radius 1 is 1.24 bits per heavy atom. The highest BCUT2D eigenvalue weighted by molar-refractivity contribution is 6.31. The second-order valence-corrected chi connectivity index (χ2v) is 6.73. The van der Waals surface area contributed by atoms with Gasteiger partial charge in [0.05, 0.1) is 0 Å². The first-order valence-corrected chi connectivity index (χ1v) is 9.16. The minimum atomic E-state index is -0.863. The third kappa shape index (κ3) is 4.43. The molecule has 0 aliphatic heterocycles. The minimum Gasteiger partial charge on any atom is -0.486 e. The molecule has 0 aliphatic rings. The predicted molar refractivity (Wildman–Crippen MR) is 108 cm³/mol. The van der Waals surface area contributed by atoms with Crippen LogP contribution in [0.1, 0.15) is 22.9 Å².